The summed E-state index contributed by atoms with van der Waals surface area (Å²) in [5.74, 6) is -0.0417. The average Bonchev–Trinajstić information content (AvgIpc) is 2.72. The second-order valence-corrected chi connectivity index (χ2v) is 2.72. The van der Waals surface area contributed by atoms with Crippen LogP contribution in [-0.4, -0.2) is 17.2 Å². The highest BCUT2D eigenvalue weighted by Gasteiger charge is 2.27. The van der Waals surface area contributed by atoms with Crippen LogP contribution in [0.25, 0.3) is 0 Å². The van der Waals surface area contributed by atoms with Crippen molar-refractivity contribution in [1.29, 1.82) is 0 Å². The Morgan fingerprint density at radius 2 is 2.38 bits per heavy atom. The lowest BCUT2D eigenvalue weighted by molar-refractivity contribution is -0.143. The average molecular weight is 180 g/mol. The van der Waals surface area contributed by atoms with Gasteiger partial charge >= 0.3 is 5.97 Å². The second kappa shape index (κ2) is 3.06. The van der Waals surface area contributed by atoms with Gasteiger partial charge in [-0.25, -0.2) is 4.79 Å². The second-order valence-electron chi connectivity index (χ2n) is 2.72. The normalized spacial score (nSPS) is 23.2. The van der Waals surface area contributed by atoms with E-state index in [2.05, 4.69) is 0 Å². The van der Waals surface area contributed by atoms with Gasteiger partial charge in [-0.2, -0.15) is 0 Å². The molecule has 1 aromatic rings. The fourth-order valence-electron chi connectivity index (χ4n) is 1.18. The highest BCUT2D eigenvalue weighted by molar-refractivity contribution is 5.84. The molecule has 2 atom stereocenters. The van der Waals surface area contributed by atoms with Crippen molar-refractivity contribution in [3.8, 4) is 0 Å². The maximum Gasteiger partial charge on any atom is 0.331 e. The fraction of sp³-hybridized carbons (Fsp3) is 0.222. The zero-order valence-corrected chi connectivity index (χ0v) is 6.71. The number of ether oxygens (including phenoxy) is 1. The van der Waals surface area contributed by atoms with Crippen LogP contribution in [0.5, 0.6) is 0 Å². The van der Waals surface area contributed by atoms with E-state index in [4.69, 9.17) is 9.15 Å². The number of carbonyl (C=O) groups excluding carboxylic acids is 1. The van der Waals surface area contributed by atoms with Crippen LogP contribution < -0.4 is 0 Å². The summed E-state index contributed by atoms with van der Waals surface area (Å²) < 4.78 is 9.75. The van der Waals surface area contributed by atoms with Gasteiger partial charge in [0.05, 0.1) is 6.26 Å². The minimum atomic E-state index is -0.919. The summed E-state index contributed by atoms with van der Waals surface area (Å²) in [6.45, 7) is 0. The Kier molecular flexibility index (Phi) is 1.90. The van der Waals surface area contributed by atoms with Crippen molar-refractivity contribution in [3.63, 3.8) is 0 Å². The van der Waals surface area contributed by atoms with Gasteiger partial charge in [0.1, 0.15) is 5.76 Å². The molecule has 1 aliphatic heterocycles. The van der Waals surface area contributed by atoms with Crippen molar-refractivity contribution in [2.75, 3.05) is 0 Å². The molecule has 0 radical (unpaired) electrons. The summed E-state index contributed by atoms with van der Waals surface area (Å²) >= 11 is 0. The number of carbonyl (C=O) groups is 1. The van der Waals surface area contributed by atoms with Gasteiger partial charge in [-0.1, -0.05) is 0 Å². The third kappa shape index (κ3) is 1.48. The minimum Gasteiger partial charge on any atom is -0.466 e. The number of hydrogen-bond donors (Lipinski definition) is 1. The van der Waals surface area contributed by atoms with Crippen molar-refractivity contribution in [2.45, 2.75) is 12.2 Å². The smallest absolute Gasteiger partial charge is 0.331 e. The topological polar surface area (TPSA) is 59.7 Å². The van der Waals surface area contributed by atoms with Gasteiger partial charge in [-0.05, 0) is 18.2 Å². The van der Waals surface area contributed by atoms with E-state index in [1.807, 2.05) is 0 Å². The van der Waals surface area contributed by atoms with E-state index in [1.54, 1.807) is 12.1 Å². The van der Waals surface area contributed by atoms with Crippen molar-refractivity contribution >= 4 is 5.97 Å². The summed E-state index contributed by atoms with van der Waals surface area (Å²) in [5.41, 5.74) is 0. The molecule has 2 rings (SSSR count). The molecule has 0 aliphatic carbocycles. The monoisotopic (exact) mass is 180 g/mol. The third-order valence-electron chi connectivity index (χ3n) is 1.82. The van der Waals surface area contributed by atoms with E-state index in [1.165, 1.54) is 18.4 Å². The van der Waals surface area contributed by atoms with E-state index in [0.717, 1.165) is 0 Å². The molecule has 13 heavy (non-hydrogen) atoms. The minimum absolute atomic E-state index is 0.393. The molecule has 0 unspecified atom stereocenters. The summed E-state index contributed by atoms with van der Waals surface area (Å²) in [6.07, 6.45) is 2.71. The molecule has 68 valence electrons. The molecule has 0 spiro atoms. The van der Waals surface area contributed by atoms with E-state index in [9.17, 15) is 9.90 Å². The fourth-order valence-corrected chi connectivity index (χ4v) is 1.18. The van der Waals surface area contributed by atoms with Crippen LogP contribution in [0.1, 0.15) is 11.9 Å². The molecule has 1 aliphatic rings. The van der Waals surface area contributed by atoms with E-state index >= 15 is 0 Å². The van der Waals surface area contributed by atoms with Crippen LogP contribution in [0.3, 0.4) is 0 Å². The summed E-state index contributed by atoms with van der Waals surface area (Å²) in [5, 5.41) is 9.60. The molecular formula is C9H8O4. The standard InChI is InChI=1S/C9H8O4/c10-8-4-3-7(13-8)9(11)6-2-1-5-12-6/h1-5,7,9,11H/t7-,9+/m0/s1. The van der Waals surface area contributed by atoms with Crippen LogP contribution in [0.4, 0.5) is 0 Å². The number of aliphatic hydroxyl groups excluding tert-OH is 1. The molecule has 0 bridgehead atoms. The highest BCUT2D eigenvalue weighted by Crippen LogP contribution is 2.23. The number of cyclic esters (lactones) is 1. The largest absolute Gasteiger partial charge is 0.466 e. The lowest BCUT2D eigenvalue weighted by Crippen LogP contribution is -2.17. The van der Waals surface area contributed by atoms with Gasteiger partial charge < -0.3 is 14.3 Å². The van der Waals surface area contributed by atoms with Gasteiger partial charge in [0.15, 0.2) is 12.2 Å². The van der Waals surface area contributed by atoms with Crippen molar-refractivity contribution in [2.24, 2.45) is 0 Å². The molecule has 1 aromatic heterocycles. The Morgan fingerprint density at radius 1 is 1.54 bits per heavy atom. The lowest BCUT2D eigenvalue weighted by atomic mass is 10.1. The summed E-state index contributed by atoms with van der Waals surface area (Å²) in [4.78, 5) is 10.7. The summed E-state index contributed by atoms with van der Waals surface area (Å²) in [6, 6.07) is 3.30. The first-order chi connectivity index (χ1) is 6.27. The first-order valence-corrected chi connectivity index (χ1v) is 3.87. The third-order valence-corrected chi connectivity index (χ3v) is 1.82. The molecule has 0 saturated carbocycles. The predicted molar refractivity (Wildman–Crippen MR) is 42.7 cm³/mol. The molecule has 0 amide bonds. The van der Waals surface area contributed by atoms with Crippen LogP contribution in [0.15, 0.2) is 35.0 Å². The number of rotatable bonds is 2. The zero-order valence-electron chi connectivity index (χ0n) is 6.71. The molecule has 0 aromatic carbocycles. The molecule has 0 fully saturated rings. The SMILES string of the molecule is O=C1C=C[C@@H]([C@H](O)c2ccco2)O1. The van der Waals surface area contributed by atoms with Crippen molar-refractivity contribution in [3.05, 3.63) is 36.3 Å². The van der Waals surface area contributed by atoms with Gasteiger partial charge in [0, 0.05) is 6.08 Å². The Balaban J connectivity index is 2.11. The van der Waals surface area contributed by atoms with E-state index < -0.39 is 18.2 Å². The molecule has 1 N–H and O–H groups in total. The van der Waals surface area contributed by atoms with Crippen LogP contribution in [-0.2, 0) is 9.53 Å². The Bertz CT molecular complexity index is 325. The van der Waals surface area contributed by atoms with Crippen molar-refractivity contribution < 1.29 is 19.1 Å². The quantitative estimate of drug-likeness (QED) is 0.683. The van der Waals surface area contributed by atoms with E-state index in [0.29, 0.717) is 5.76 Å². The maximum atomic E-state index is 10.7. The van der Waals surface area contributed by atoms with Gasteiger partial charge in [0.25, 0.3) is 0 Å². The van der Waals surface area contributed by atoms with Crippen LogP contribution >= 0.6 is 0 Å². The Morgan fingerprint density at radius 3 is 2.92 bits per heavy atom. The number of aliphatic hydroxyl groups is 1. The lowest BCUT2D eigenvalue weighted by Gasteiger charge is -2.13. The molecule has 2 heterocycles. The molecule has 4 heteroatoms. The number of esters is 1. The number of furan rings is 1. The Hall–Kier alpha value is -1.55. The Labute approximate surface area is 74.4 Å². The maximum absolute atomic E-state index is 10.7. The highest BCUT2D eigenvalue weighted by atomic mass is 16.6. The molecule has 0 saturated heterocycles. The summed E-state index contributed by atoms with van der Waals surface area (Å²) in [7, 11) is 0. The first kappa shape index (κ1) is 8.07. The van der Waals surface area contributed by atoms with E-state index in [-0.39, 0.29) is 0 Å². The van der Waals surface area contributed by atoms with Gasteiger partial charge in [0.2, 0.25) is 0 Å². The van der Waals surface area contributed by atoms with Crippen molar-refractivity contribution in [1.82, 2.24) is 0 Å². The van der Waals surface area contributed by atoms with Gasteiger partial charge in [-0.15, -0.1) is 0 Å². The predicted octanol–water partition coefficient (Wildman–Crippen LogP) is 0.795. The van der Waals surface area contributed by atoms with Gasteiger partial charge in [-0.3, -0.25) is 0 Å². The first-order valence-electron chi connectivity index (χ1n) is 3.87. The van der Waals surface area contributed by atoms with Crippen LogP contribution in [0.2, 0.25) is 0 Å². The van der Waals surface area contributed by atoms with Crippen LogP contribution in [0, 0.1) is 0 Å². The zero-order chi connectivity index (χ0) is 9.26. The molecule has 4 nitrogen and oxygen atoms in total. The molecular weight excluding hydrogens is 172 g/mol. The number of hydrogen-bond acceptors (Lipinski definition) is 4.